The highest BCUT2D eigenvalue weighted by Crippen LogP contribution is 2.46. The zero-order valence-electron chi connectivity index (χ0n) is 25.8. The first kappa shape index (κ1) is 33.1. The molecule has 1 saturated heterocycles. The number of allylic oxidation sites excluding steroid dienone is 1. The molecule has 0 bridgehead atoms. The van der Waals surface area contributed by atoms with Gasteiger partial charge in [-0.25, -0.2) is 17.6 Å². The molecule has 13 nitrogen and oxygen atoms in total. The van der Waals surface area contributed by atoms with E-state index in [1.165, 1.54) is 15.9 Å². The van der Waals surface area contributed by atoms with Gasteiger partial charge in [0, 0.05) is 24.4 Å². The number of fused-ring (bicyclic) bond motifs is 3. The van der Waals surface area contributed by atoms with Gasteiger partial charge in [0.05, 0.1) is 18.3 Å². The minimum absolute atomic E-state index is 0.0242. The number of hydrogen-bond acceptors (Lipinski definition) is 8. The fourth-order valence-electron chi connectivity index (χ4n) is 6.75. The predicted molar refractivity (Wildman–Crippen MR) is 171 cm³/mol. The second kappa shape index (κ2) is 13.0. The summed E-state index contributed by atoms with van der Waals surface area (Å²) in [5, 5.41) is 4.91. The van der Waals surface area contributed by atoms with Gasteiger partial charge in [-0.2, -0.15) is 0 Å². The van der Waals surface area contributed by atoms with Crippen LogP contribution in [0.2, 0.25) is 0 Å². The summed E-state index contributed by atoms with van der Waals surface area (Å²) in [6.45, 7) is 0.0592. The van der Waals surface area contributed by atoms with E-state index in [-0.39, 0.29) is 37.6 Å². The van der Waals surface area contributed by atoms with Gasteiger partial charge in [-0.05, 0) is 62.4 Å². The van der Waals surface area contributed by atoms with E-state index in [0.717, 1.165) is 12.8 Å². The lowest BCUT2D eigenvalue weighted by Gasteiger charge is -2.30. The summed E-state index contributed by atoms with van der Waals surface area (Å²) in [7, 11) is -3.89. The summed E-state index contributed by atoms with van der Waals surface area (Å²) in [6.07, 6.45) is 6.57. The normalized spacial score (nSPS) is 30.1. The molecule has 2 saturated carbocycles. The molecule has 1 aromatic rings. The van der Waals surface area contributed by atoms with Crippen LogP contribution in [-0.4, -0.2) is 82.7 Å². The van der Waals surface area contributed by atoms with Crippen LogP contribution in [0.4, 0.5) is 9.18 Å². The van der Waals surface area contributed by atoms with Crippen LogP contribution in [-0.2, 0) is 42.2 Å². The van der Waals surface area contributed by atoms with E-state index in [9.17, 15) is 32.0 Å². The van der Waals surface area contributed by atoms with E-state index in [1.54, 1.807) is 12.1 Å². The van der Waals surface area contributed by atoms with Gasteiger partial charge >= 0.3 is 6.09 Å². The highest BCUT2D eigenvalue weighted by molar-refractivity contribution is 7.91. The summed E-state index contributed by atoms with van der Waals surface area (Å²) < 4.78 is 47.6. The quantitative estimate of drug-likeness (QED) is 0.261. The van der Waals surface area contributed by atoms with Crippen LogP contribution in [0.3, 0.4) is 0 Å². The first-order valence-corrected chi connectivity index (χ1v) is 18.0. The van der Waals surface area contributed by atoms with Gasteiger partial charge in [-0.15, -0.1) is 0 Å². The number of hydrogen-bond donors (Lipinski definition) is 4. The molecule has 3 aliphatic heterocycles. The van der Waals surface area contributed by atoms with Crippen molar-refractivity contribution in [2.75, 3.05) is 6.54 Å². The van der Waals surface area contributed by atoms with Crippen molar-refractivity contribution in [2.45, 2.75) is 99.9 Å². The largest absolute Gasteiger partial charge is 0.444 e. The number of thiocarbonyl (C=S) groups is 1. The fraction of sp³-hybridized carbons (Fsp3) is 0.581. The lowest BCUT2D eigenvalue weighted by molar-refractivity contribution is -0.141. The Morgan fingerprint density at radius 3 is 2.64 bits per heavy atom. The number of nitrogens with two attached hydrogens (primary N) is 1. The molecule has 4 amide bonds. The van der Waals surface area contributed by atoms with Crippen molar-refractivity contribution in [1.29, 1.82) is 0 Å². The number of rotatable bonds is 5. The molecule has 5 aliphatic rings. The van der Waals surface area contributed by atoms with Crippen molar-refractivity contribution >= 4 is 51.2 Å². The monoisotopic (exact) mass is 690 g/mol. The van der Waals surface area contributed by atoms with Gasteiger partial charge in [-0.1, -0.05) is 37.1 Å². The SMILES string of the molecule is NC(=S)N[C@H]1CCCCC/C=C\[C@@H]2C[C@@]2(C(=O)NS(=O)(=O)C2CC2)NC(=O)[C@@H]2C[C@@H](OC(=O)N3Cc4cccc(F)c4C3)CN2C1=O. The summed E-state index contributed by atoms with van der Waals surface area (Å²) >= 11 is 5.04. The third kappa shape index (κ3) is 7.08. The van der Waals surface area contributed by atoms with E-state index in [2.05, 4.69) is 15.4 Å². The first-order chi connectivity index (χ1) is 22.4. The average Bonchev–Trinajstić information content (AvgIpc) is 3.89. The second-order valence-electron chi connectivity index (χ2n) is 13.1. The lowest BCUT2D eigenvalue weighted by Crippen LogP contribution is -2.58. The van der Waals surface area contributed by atoms with Gasteiger partial charge in [0.2, 0.25) is 21.8 Å². The van der Waals surface area contributed by atoms with Crippen molar-refractivity contribution in [3.63, 3.8) is 0 Å². The molecule has 2 aliphatic carbocycles. The van der Waals surface area contributed by atoms with E-state index < -0.39 is 74.5 Å². The van der Waals surface area contributed by atoms with Crippen molar-refractivity contribution in [3.05, 3.63) is 47.3 Å². The smallest absolute Gasteiger partial charge is 0.410 e. The molecule has 16 heteroatoms. The molecule has 3 heterocycles. The number of nitrogens with zero attached hydrogens (tertiary/aromatic N) is 2. The molecule has 47 heavy (non-hydrogen) atoms. The van der Waals surface area contributed by atoms with Crippen LogP contribution in [0.15, 0.2) is 30.4 Å². The number of carbonyl (C=O) groups excluding carboxylic acids is 4. The Morgan fingerprint density at radius 1 is 1.13 bits per heavy atom. The van der Waals surface area contributed by atoms with Crippen LogP contribution in [0, 0.1) is 11.7 Å². The van der Waals surface area contributed by atoms with E-state index in [4.69, 9.17) is 22.7 Å². The van der Waals surface area contributed by atoms with Gasteiger partial charge in [0.25, 0.3) is 5.91 Å². The number of halogens is 1. The summed E-state index contributed by atoms with van der Waals surface area (Å²) in [4.78, 5) is 57.4. The fourth-order valence-corrected chi connectivity index (χ4v) is 8.25. The highest BCUT2D eigenvalue weighted by Gasteiger charge is 2.62. The third-order valence-electron chi connectivity index (χ3n) is 9.61. The van der Waals surface area contributed by atoms with E-state index in [0.29, 0.717) is 43.2 Å². The van der Waals surface area contributed by atoms with Gasteiger partial charge < -0.3 is 26.0 Å². The zero-order chi connectivity index (χ0) is 33.5. The maximum atomic E-state index is 14.3. The molecule has 1 aromatic carbocycles. The lowest BCUT2D eigenvalue weighted by atomic mass is 10.1. The number of nitrogens with one attached hydrogen (secondary N) is 3. The zero-order valence-corrected chi connectivity index (χ0v) is 27.4. The van der Waals surface area contributed by atoms with E-state index >= 15 is 0 Å². The van der Waals surface area contributed by atoms with Crippen molar-refractivity contribution in [1.82, 2.24) is 25.2 Å². The molecule has 0 aromatic heterocycles. The molecule has 0 unspecified atom stereocenters. The van der Waals surface area contributed by atoms with Crippen LogP contribution in [0.25, 0.3) is 0 Å². The second-order valence-corrected chi connectivity index (χ2v) is 15.5. The highest BCUT2D eigenvalue weighted by atomic mass is 32.2. The van der Waals surface area contributed by atoms with Gasteiger partial charge in [-0.3, -0.25) is 24.0 Å². The molecular weight excluding hydrogens is 652 g/mol. The average molecular weight is 691 g/mol. The predicted octanol–water partition coefficient (Wildman–Crippen LogP) is 1.45. The molecule has 0 spiro atoms. The molecular formula is C31H39FN6O7S2. The Balaban J connectivity index is 1.24. The molecule has 254 valence electrons. The number of ether oxygens (including phenoxy) is 1. The Kier molecular flexibility index (Phi) is 9.17. The maximum absolute atomic E-state index is 14.3. The molecule has 5 N–H and O–H groups in total. The van der Waals surface area contributed by atoms with Gasteiger partial charge in [0.15, 0.2) is 5.11 Å². The summed E-state index contributed by atoms with van der Waals surface area (Å²) in [5.41, 5.74) is 5.32. The van der Waals surface area contributed by atoms with Crippen LogP contribution < -0.4 is 21.1 Å². The Hall–Kier alpha value is -3.79. The van der Waals surface area contributed by atoms with Gasteiger partial charge in [0.1, 0.15) is 29.5 Å². The molecule has 6 rings (SSSR count). The van der Waals surface area contributed by atoms with Crippen LogP contribution in [0.5, 0.6) is 0 Å². The maximum Gasteiger partial charge on any atom is 0.410 e. The number of amides is 4. The number of sulfonamides is 1. The van der Waals surface area contributed by atoms with Crippen LogP contribution >= 0.6 is 12.2 Å². The Labute approximate surface area is 277 Å². The number of carbonyl (C=O) groups is 4. The molecule has 3 fully saturated rings. The van der Waals surface area contributed by atoms with Crippen LogP contribution in [0.1, 0.15) is 68.9 Å². The molecule has 0 radical (unpaired) electrons. The third-order valence-corrected chi connectivity index (χ3v) is 11.5. The van der Waals surface area contributed by atoms with Crippen molar-refractivity contribution in [2.24, 2.45) is 11.7 Å². The van der Waals surface area contributed by atoms with Crippen molar-refractivity contribution < 1.29 is 36.7 Å². The minimum Gasteiger partial charge on any atom is -0.444 e. The minimum atomic E-state index is -3.89. The molecule has 5 atom stereocenters. The van der Waals surface area contributed by atoms with Crippen molar-refractivity contribution in [3.8, 4) is 0 Å². The number of benzene rings is 1. The standard InChI is InChI=1S/C31H39FN6O7S2/c32-23-9-6-7-18-15-37(17-22(18)23)30(42)45-20-13-25-26(39)35-31(28(41)36-47(43,44)21-11-12-21)14-19(31)8-4-2-1-3-5-10-24(34-29(33)46)27(40)38(25)16-20/h4,6-9,19-21,24-25H,1-3,5,10-17H2,(H,35,39)(H,36,41)(H3,33,34,46)/b8-4-/t19-,20-,24+,25+,31-/m1/s1. The summed E-state index contributed by atoms with van der Waals surface area (Å²) in [5.74, 6) is -2.82. The topological polar surface area (TPSA) is 180 Å². The Morgan fingerprint density at radius 2 is 1.91 bits per heavy atom. The first-order valence-electron chi connectivity index (χ1n) is 16.0. The summed E-state index contributed by atoms with van der Waals surface area (Å²) in [6, 6.07) is 2.64. The van der Waals surface area contributed by atoms with E-state index in [1.807, 2.05) is 12.2 Å². The Bertz CT molecular complexity index is 1620.